The third-order valence-electron chi connectivity index (χ3n) is 3.18. The van der Waals surface area contributed by atoms with Gasteiger partial charge in [0, 0.05) is 6.42 Å². The third kappa shape index (κ3) is 2.04. The van der Waals surface area contributed by atoms with Crippen LogP contribution in [0.3, 0.4) is 0 Å². The number of rotatable bonds is 4. The Bertz CT molecular complexity index is 439. The van der Waals surface area contributed by atoms with Gasteiger partial charge in [-0.25, -0.2) is 4.39 Å². The van der Waals surface area contributed by atoms with E-state index in [2.05, 4.69) is 20.7 Å². The molecule has 12 heteroatoms. The van der Waals surface area contributed by atoms with E-state index >= 15 is 0 Å². The van der Waals surface area contributed by atoms with E-state index in [9.17, 15) is 44.3 Å². The summed E-state index contributed by atoms with van der Waals surface area (Å²) in [6, 6.07) is 0. The van der Waals surface area contributed by atoms with Crippen LogP contribution in [0.25, 0.3) is 0 Å². The number of esters is 1. The molecule has 130 valence electrons. The molecule has 2 nitrogen and oxygen atoms in total. The number of carbonyl (C=O) groups excluding carboxylic acids is 1. The number of hydrogen-bond donors (Lipinski definition) is 0. The zero-order valence-corrected chi connectivity index (χ0v) is 12.2. The molecule has 1 unspecified atom stereocenters. The number of alkyl halides is 10. The van der Waals surface area contributed by atoms with Crippen LogP contribution in [0, 0.1) is 0 Å². The molecule has 0 spiro atoms. The lowest BCUT2D eigenvalue weighted by molar-refractivity contribution is -0.303. The van der Waals surface area contributed by atoms with Crippen LogP contribution < -0.4 is 0 Å². The number of halogens is 10. The first kappa shape index (κ1) is 19.4. The fourth-order valence-corrected chi connectivity index (χ4v) is 2.49. The maximum absolute atomic E-state index is 14.0. The van der Waals surface area contributed by atoms with Gasteiger partial charge in [-0.1, -0.05) is 15.9 Å². The van der Waals surface area contributed by atoms with Crippen molar-refractivity contribution in [3.8, 4) is 0 Å². The Kier molecular flexibility index (Phi) is 4.55. The summed E-state index contributed by atoms with van der Waals surface area (Å²) < 4.78 is 123. The van der Waals surface area contributed by atoms with Gasteiger partial charge < -0.3 is 4.74 Å². The first-order valence-corrected chi connectivity index (χ1v) is 6.54. The van der Waals surface area contributed by atoms with Gasteiger partial charge in [-0.3, -0.25) is 4.79 Å². The molecule has 1 aliphatic rings. The Morgan fingerprint density at radius 2 is 1.27 bits per heavy atom. The van der Waals surface area contributed by atoms with Gasteiger partial charge in [0.1, 0.15) is 4.83 Å². The summed E-state index contributed by atoms with van der Waals surface area (Å²) in [4.78, 5) is 8.87. The molecule has 0 bridgehead atoms. The Balaban J connectivity index is 3.34. The summed E-state index contributed by atoms with van der Waals surface area (Å²) in [6.45, 7) is 0.864. The van der Waals surface area contributed by atoms with Gasteiger partial charge in [-0.2, -0.15) is 35.1 Å². The lowest BCUT2D eigenvalue weighted by atomic mass is 9.91. The lowest BCUT2D eigenvalue weighted by Gasteiger charge is -2.31. The van der Waals surface area contributed by atoms with Crippen LogP contribution in [0.15, 0.2) is 0 Å². The van der Waals surface area contributed by atoms with Gasteiger partial charge in [-0.05, 0) is 6.92 Å². The molecule has 0 heterocycles. The quantitative estimate of drug-likeness (QED) is 0.398. The van der Waals surface area contributed by atoms with Gasteiger partial charge in [0.25, 0.3) is 5.67 Å². The van der Waals surface area contributed by atoms with Crippen LogP contribution in [0.2, 0.25) is 0 Å². The molecule has 1 rings (SSSR count). The van der Waals surface area contributed by atoms with Crippen molar-refractivity contribution >= 4 is 21.9 Å². The fourth-order valence-electron chi connectivity index (χ4n) is 1.91. The molecule has 22 heavy (non-hydrogen) atoms. The normalized spacial score (nSPS) is 28.1. The van der Waals surface area contributed by atoms with Crippen molar-refractivity contribution in [2.75, 3.05) is 6.61 Å². The minimum atomic E-state index is -6.64. The minimum absolute atomic E-state index is 0.362. The largest absolute Gasteiger partial charge is 0.465 e. The highest BCUT2D eigenvalue weighted by Crippen LogP contribution is 2.70. The summed E-state index contributed by atoms with van der Waals surface area (Å²) in [7, 11) is 0. The molecule has 0 aromatic rings. The highest BCUT2D eigenvalue weighted by Gasteiger charge is 3.00. The number of carbonyl (C=O) groups is 1. The topological polar surface area (TPSA) is 26.3 Å². The van der Waals surface area contributed by atoms with Crippen molar-refractivity contribution in [3.05, 3.63) is 0 Å². The van der Waals surface area contributed by atoms with Gasteiger partial charge in [0.2, 0.25) is 0 Å². The van der Waals surface area contributed by atoms with E-state index in [1.54, 1.807) is 0 Å². The van der Waals surface area contributed by atoms with E-state index in [0.29, 0.717) is 0 Å². The van der Waals surface area contributed by atoms with E-state index in [1.807, 2.05) is 0 Å². The van der Waals surface area contributed by atoms with Crippen LogP contribution in [0.4, 0.5) is 39.5 Å². The maximum atomic E-state index is 14.0. The zero-order valence-electron chi connectivity index (χ0n) is 10.6. The van der Waals surface area contributed by atoms with E-state index in [0.717, 1.165) is 0 Å². The molecule has 0 N–H and O–H groups in total. The van der Waals surface area contributed by atoms with Crippen molar-refractivity contribution in [1.82, 2.24) is 0 Å². The molecule has 0 aliphatic heterocycles. The average Bonchev–Trinajstić information content (AvgIpc) is 2.41. The highest BCUT2D eigenvalue weighted by molar-refractivity contribution is 9.10. The average molecular weight is 411 g/mol. The van der Waals surface area contributed by atoms with Crippen LogP contribution in [-0.4, -0.2) is 46.8 Å². The Morgan fingerprint density at radius 1 is 0.909 bits per heavy atom. The molecular formula is C10H8BrF9O2. The van der Waals surface area contributed by atoms with Crippen molar-refractivity contribution in [2.45, 2.75) is 47.5 Å². The molecule has 1 atom stereocenters. The minimum Gasteiger partial charge on any atom is -0.465 e. The van der Waals surface area contributed by atoms with Gasteiger partial charge >= 0.3 is 29.7 Å². The molecule has 1 saturated carbocycles. The number of hydrogen-bond acceptors (Lipinski definition) is 2. The number of ether oxygens (including phenoxy) is 1. The summed E-state index contributed by atoms with van der Waals surface area (Å²) >= 11 is 2.20. The monoisotopic (exact) mass is 410 g/mol. The van der Waals surface area contributed by atoms with Gasteiger partial charge in [-0.15, -0.1) is 0 Å². The van der Waals surface area contributed by atoms with Crippen molar-refractivity contribution < 1.29 is 49.0 Å². The van der Waals surface area contributed by atoms with Crippen LogP contribution in [0.5, 0.6) is 0 Å². The standard InChI is InChI=1S/C10H8BrF9O2/c1-2-22-5(21)4(11)3-6(12)7(13,14)9(17,18)10(19,20)8(6,15)16/h4H,2-3H2,1H3. The second kappa shape index (κ2) is 5.17. The second-order valence-corrected chi connectivity index (χ2v) is 5.63. The summed E-state index contributed by atoms with van der Waals surface area (Å²) in [5.74, 6) is -27.6. The first-order chi connectivity index (χ1) is 9.62. The summed E-state index contributed by atoms with van der Waals surface area (Å²) in [5, 5.41) is 0. The zero-order chi connectivity index (χ0) is 17.8. The third-order valence-corrected chi connectivity index (χ3v) is 3.88. The second-order valence-electron chi connectivity index (χ2n) is 4.52. The van der Waals surface area contributed by atoms with E-state index in [4.69, 9.17) is 0 Å². The fraction of sp³-hybridized carbons (Fsp3) is 0.900. The summed E-state index contributed by atoms with van der Waals surface area (Å²) in [5.41, 5.74) is -5.66. The van der Waals surface area contributed by atoms with E-state index in [-0.39, 0.29) is 6.61 Å². The lowest BCUT2D eigenvalue weighted by Crippen LogP contribution is -2.56. The van der Waals surface area contributed by atoms with Crippen molar-refractivity contribution in [1.29, 1.82) is 0 Å². The van der Waals surface area contributed by atoms with Crippen LogP contribution in [-0.2, 0) is 9.53 Å². The van der Waals surface area contributed by atoms with Gasteiger partial charge in [0.05, 0.1) is 6.61 Å². The predicted molar refractivity (Wildman–Crippen MR) is 57.6 cm³/mol. The van der Waals surface area contributed by atoms with Gasteiger partial charge in [0.15, 0.2) is 0 Å². The molecule has 0 aromatic heterocycles. The molecule has 0 saturated heterocycles. The van der Waals surface area contributed by atoms with Crippen LogP contribution in [0.1, 0.15) is 13.3 Å². The van der Waals surface area contributed by atoms with Crippen molar-refractivity contribution in [2.24, 2.45) is 0 Å². The van der Waals surface area contributed by atoms with E-state index in [1.165, 1.54) is 6.92 Å². The Hall–Kier alpha value is -0.680. The predicted octanol–water partition coefficient (Wildman–Crippen LogP) is 3.97. The summed E-state index contributed by atoms with van der Waals surface area (Å²) in [6.07, 6.45) is -2.34. The molecule has 0 amide bonds. The Labute approximate surface area is 126 Å². The molecule has 0 radical (unpaired) electrons. The molecule has 1 aliphatic carbocycles. The molecule has 0 aromatic carbocycles. The van der Waals surface area contributed by atoms with E-state index < -0.39 is 46.6 Å². The Morgan fingerprint density at radius 3 is 1.59 bits per heavy atom. The SMILES string of the molecule is CCOC(=O)C(Br)CC1(F)C(F)(F)C(F)(F)C(F)(F)C1(F)F. The highest BCUT2D eigenvalue weighted by atomic mass is 79.9. The van der Waals surface area contributed by atoms with Crippen molar-refractivity contribution in [3.63, 3.8) is 0 Å². The first-order valence-electron chi connectivity index (χ1n) is 5.62. The molecular weight excluding hydrogens is 403 g/mol. The smallest absolute Gasteiger partial charge is 0.381 e. The maximum Gasteiger partial charge on any atom is 0.381 e. The van der Waals surface area contributed by atoms with Crippen LogP contribution >= 0.6 is 15.9 Å². The molecule has 1 fully saturated rings.